The molecule has 0 atom stereocenters. The second kappa shape index (κ2) is 10.5. The summed E-state index contributed by atoms with van der Waals surface area (Å²) < 4.78 is 2.91. The van der Waals surface area contributed by atoms with Crippen LogP contribution in [0, 0.1) is 6.92 Å². The van der Waals surface area contributed by atoms with Crippen LogP contribution in [0.4, 0.5) is 0 Å². The van der Waals surface area contributed by atoms with Crippen molar-refractivity contribution in [1.82, 2.24) is 14.5 Å². The summed E-state index contributed by atoms with van der Waals surface area (Å²) in [5.74, 6) is -0.182. The number of fused-ring (bicyclic) bond motifs is 1. The number of nitrogens with zero attached hydrogens (tertiary/aromatic N) is 2. The lowest BCUT2D eigenvalue weighted by Crippen LogP contribution is -2.40. The molecule has 0 bridgehead atoms. The number of hydrogen-bond donors (Lipinski definition) is 1. The van der Waals surface area contributed by atoms with Gasteiger partial charge in [-0.3, -0.25) is 18.7 Å². The van der Waals surface area contributed by atoms with Crippen molar-refractivity contribution in [3.05, 3.63) is 152 Å². The van der Waals surface area contributed by atoms with Crippen LogP contribution in [0.5, 0.6) is 0 Å². The minimum absolute atomic E-state index is 0.113. The summed E-state index contributed by atoms with van der Waals surface area (Å²) in [7, 11) is 0. The molecule has 4 aromatic carbocycles. The van der Waals surface area contributed by atoms with E-state index in [-0.39, 0.29) is 23.7 Å². The lowest BCUT2D eigenvalue weighted by atomic mass is 10.1. The van der Waals surface area contributed by atoms with E-state index >= 15 is 0 Å². The van der Waals surface area contributed by atoms with Gasteiger partial charge in [0.15, 0.2) is 0 Å². The number of nitrogens with one attached hydrogen (secondary N) is 1. The second-order valence-corrected chi connectivity index (χ2v) is 9.13. The lowest BCUT2D eigenvalue weighted by molar-refractivity contribution is 0.0951. The van der Waals surface area contributed by atoms with Gasteiger partial charge in [-0.1, -0.05) is 84.4 Å². The van der Waals surface area contributed by atoms with E-state index < -0.39 is 0 Å². The molecule has 1 amide bonds. The highest BCUT2D eigenvalue weighted by atomic mass is 16.2. The van der Waals surface area contributed by atoms with Crippen molar-refractivity contribution in [2.24, 2.45) is 0 Å². The highest BCUT2D eigenvalue weighted by molar-refractivity contribution is 5.94. The first kappa shape index (κ1) is 24.0. The van der Waals surface area contributed by atoms with Gasteiger partial charge in [-0.25, -0.2) is 4.79 Å². The Morgan fingerprint density at radius 1 is 0.676 bits per heavy atom. The molecule has 0 saturated carbocycles. The largest absolute Gasteiger partial charge is 0.348 e. The predicted molar refractivity (Wildman–Crippen MR) is 146 cm³/mol. The topological polar surface area (TPSA) is 73.1 Å². The van der Waals surface area contributed by atoms with Crippen LogP contribution in [0.3, 0.4) is 0 Å². The molecule has 0 aliphatic rings. The molecule has 0 saturated heterocycles. The van der Waals surface area contributed by atoms with Crippen LogP contribution in [0.1, 0.15) is 32.6 Å². The van der Waals surface area contributed by atoms with Gasteiger partial charge in [0.05, 0.1) is 24.0 Å². The predicted octanol–water partition coefficient (Wildman–Crippen LogP) is 4.50. The Morgan fingerprint density at radius 2 is 1.27 bits per heavy atom. The van der Waals surface area contributed by atoms with E-state index in [1.54, 1.807) is 47.0 Å². The van der Waals surface area contributed by atoms with Gasteiger partial charge >= 0.3 is 5.69 Å². The first-order valence-corrected chi connectivity index (χ1v) is 12.2. The number of amides is 1. The van der Waals surface area contributed by atoms with E-state index in [1.165, 1.54) is 4.57 Å². The second-order valence-electron chi connectivity index (χ2n) is 9.13. The number of carbonyl (C=O) groups is 1. The molecule has 5 aromatic rings. The smallest absolute Gasteiger partial charge is 0.332 e. The molecule has 0 radical (unpaired) electrons. The van der Waals surface area contributed by atoms with Gasteiger partial charge in [0, 0.05) is 12.1 Å². The van der Waals surface area contributed by atoms with Crippen molar-refractivity contribution in [2.75, 3.05) is 0 Å². The zero-order valence-corrected chi connectivity index (χ0v) is 20.6. The van der Waals surface area contributed by atoms with Gasteiger partial charge in [-0.05, 0) is 47.9 Å². The summed E-state index contributed by atoms with van der Waals surface area (Å²) in [6, 6.07) is 31.9. The molecule has 6 nitrogen and oxygen atoms in total. The fourth-order valence-electron chi connectivity index (χ4n) is 4.36. The maximum atomic E-state index is 13.5. The Bertz CT molecular complexity index is 1670. The van der Waals surface area contributed by atoms with E-state index in [1.807, 2.05) is 67.6 Å². The number of aryl methyl sites for hydroxylation is 1. The number of benzene rings is 4. The van der Waals surface area contributed by atoms with E-state index in [0.29, 0.717) is 29.6 Å². The van der Waals surface area contributed by atoms with Crippen molar-refractivity contribution >= 4 is 16.8 Å². The summed E-state index contributed by atoms with van der Waals surface area (Å²) in [5.41, 5.74) is 4.33. The molecule has 1 aromatic heterocycles. The molecule has 184 valence electrons. The highest BCUT2D eigenvalue weighted by Gasteiger charge is 2.14. The zero-order chi connectivity index (χ0) is 25.8. The van der Waals surface area contributed by atoms with E-state index in [9.17, 15) is 14.4 Å². The van der Waals surface area contributed by atoms with Crippen LogP contribution in [0.2, 0.25) is 0 Å². The molecule has 37 heavy (non-hydrogen) atoms. The molecule has 0 fully saturated rings. The highest BCUT2D eigenvalue weighted by Crippen LogP contribution is 2.12. The van der Waals surface area contributed by atoms with Crippen molar-refractivity contribution in [3.63, 3.8) is 0 Å². The third-order valence-electron chi connectivity index (χ3n) is 6.45. The number of para-hydroxylation sites is 1. The molecule has 6 heteroatoms. The fourth-order valence-corrected chi connectivity index (χ4v) is 4.36. The number of hydrogen-bond acceptors (Lipinski definition) is 3. The molecule has 0 aliphatic heterocycles. The Hall–Kier alpha value is -4.71. The third kappa shape index (κ3) is 5.28. The van der Waals surface area contributed by atoms with Crippen molar-refractivity contribution in [3.8, 4) is 0 Å². The van der Waals surface area contributed by atoms with Gasteiger partial charge in [-0.15, -0.1) is 0 Å². The molecule has 0 spiro atoms. The standard InChI is InChI=1S/C31H27N3O3/c1-22-11-13-24(14-12-22)20-33-28-10-6-5-9-27(28)30(36)34(31(33)37)21-25-15-17-26(18-16-25)29(35)32-19-23-7-3-2-4-8-23/h2-18H,19-21H2,1H3,(H,32,35). The van der Waals surface area contributed by atoms with Gasteiger partial charge in [0.1, 0.15) is 0 Å². The van der Waals surface area contributed by atoms with Gasteiger partial charge in [-0.2, -0.15) is 0 Å². The Labute approximate surface area is 214 Å². The normalized spacial score (nSPS) is 10.9. The monoisotopic (exact) mass is 489 g/mol. The zero-order valence-electron chi connectivity index (χ0n) is 20.6. The van der Waals surface area contributed by atoms with Crippen molar-refractivity contribution < 1.29 is 4.79 Å². The van der Waals surface area contributed by atoms with Crippen LogP contribution >= 0.6 is 0 Å². The van der Waals surface area contributed by atoms with E-state index in [0.717, 1.165) is 22.3 Å². The average Bonchev–Trinajstić information content (AvgIpc) is 2.94. The number of carbonyl (C=O) groups excluding carboxylic acids is 1. The molecular weight excluding hydrogens is 462 g/mol. The van der Waals surface area contributed by atoms with Gasteiger partial charge in [0.25, 0.3) is 11.5 Å². The SMILES string of the molecule is Cc1ccc(Cn2c(=O)n(Cc3ccc(C(=O)NCc4ccccc4)cc3)c(=O)c3ccccc32)cc1. The fraction of sp³-hybridized carbons (Fsp3) is 0.129. The molecule has 0 aliphatic carbocycles. The van der Waals surface area contributed by atoms with Gasteiger partial charge in [0.2, 0.25) is 0 Å². The lowest BCUT2D eigenvalue weighted by Gasteiger charge is -2.15. The summed E-state index contributed by atoms with van der Waals surface area (Å²) in [6.07, 6.45) is 0. The molecular formula is C31H27N3O3. The van der Waals surface area contributed by atoms with E-state index in [2.05, 4.69) is 5.32 Å². The van der Waals surface area contributed by atoms with Crippen molar-refractivity contribution in [2.45, 2.75) is 26.6 Å². The van der Waals surface area contributed by atoms with Gasteiger partial charge < -0.3 is 5.32 Å². The van der Waals surface area contributed by atoms with Crippen LogP contribution in [0.15, 0.2) is 113 Å². The summed E-state index contributed by atoms with van der Waals surface area (Å²) in [5, 5.41) is 3.40. The number of rotatable bonds is 7. The Morgan fingerprint density at radius 3 is 1.97 bits per heavy atom. The van der Waals surface area contributed by atoms with E-state index in [4.69, 9.17) is 0 Å². The minimum atomic E-state index is -0.367. The Kier molecular flexibility index (Phi) is 6.81. The summed E-state index contributed by atoms with van der Waals surface area (Å²) in [6.45, 7) is 2.93. The average molecular weight is 490 g/mol. The molecule has 1 heterocycles. The molecule has 1 N–H and O–H groups in total. The minimum Gasteiger partial charge on any atom is -0.348 e. The van der Waals surface area contributed by atoms with Crippen molar-refractivity contribution in [1.29, 1.82) is 0 Å². The maximum Gasteiger partial charge on any atom is 0.332 e. The number of aromatic nitrogens is 2. The maximum absolute atomic E-state index is 13.5. The molecule has 0 unspecified atom stereocenters. The Balaban J connectivity index is 1.41. The van der Waals surface area contributed by atoms with Crippen LogP contribution in [0.25, 0.3) is 10.9 Å². The third-order valence-corrected chi connectivity index (χ3v) is 6.45. The quantitative estimate of drug-likeness (QED) is 0.366. The first-order valence-electron chi connectivity index (χ1n) is 12.2. The van der Waals surface area contributed by atoms with Crippen LogP contribution < -0.4 is 16.6 Å². The first-order chi connectivity index (χ1) is 18.0. The van der Waals surface area contributed by atoms with Crippen LogP contribution in [-0.4, -0.2) is 15.0 Å². The summed E-state index contributed by atoms with van der Waals surface area (Å²) >= 11 is 0. The van der Waals surface area contributed by atoms with Crippen LogP contribution in [-0.2, 0) is 19.6 Å². The molecule has 5 rings (SSSR count). The summed E-state index contributed by atoms with van der Waals surface area (Å²) in [4.78, 5) is 39.4.